The Labute approximate surface area is 107 Å². The number of aromatic nitrogens is 1. The van der Waals surface area contributed by atoms with Crippen molar-refractivity contribution < 1.29 is 5.11 Å². The molecule has 3 rings (SSSR count). The van der Waals surface area contributed by atoms with E-state index in [0.717, 1.165) is 45.0 Å². The van der Waals surface area contributed by atoms with E-state index in [4.69, 9.17) is 0 Å². The molecule has 2 aliphatic heterocycles. The first-order valence-electron chi connectivity index (χ1n) is 6.67. The van der Waals surface area contributed by atoms with Crippen LogP contribution in [0.5, 0.6) is 0 Å². The van der Waals surface area contributed by atoms with E-state index >= 15 is 0 Å². The molecular formula is C13H20N4O. The van der Waals surface area contributed by atoms with Gasteiger partial charge in [0.25, 0.3) is 0 Å². The van der Waals surface area contributed by atoms with Gasteiger partial charge in [0.1, 0.15) is 12.0 Å². The van der Waals surface area contributed by atoms with Crippen LogP contribution in [0, 0.1) is 0 Å². The van der Waals surface area contributed by atoms with E-state index in [0.29, 0.717) is 0 Å². The molecule has 1 aromatic rings. The number of pyridine rings is 1. The van der Waals surface area contributed by atoms with Gasteiger partial charge in [-0.2, -0.15) is 0 Å². The highest BCUT2D eigenvalue weighted by molar-refractivity contribution is 5.40. The Bertz CT molecular complexity index is 380. The minimum absolute atomic E-state index is 0.0589. The number of hydrogen-bond acceptors (Lipinski definition) is 5. The third kappa shape index (κ3) is 2.21. The molecule has 5 nitrogen and oxygen atoms in total. The molecule has 5 heteroatoms. The van der Waals surface area contributed by atoms with Gasteiger partial charge in [0, 0.05) is 25.8 Å². The molecular weight excluding hydrogens is 228 g/mol. The molecule has 0 saturated carbocycles. The molecule has 18 heavy (non-hydrogen) atoms. The van der Waals surface area contributed by atoms with Gasteiger partial charge in [-0.1, -0.05) is 6.07 Å². The van der Waals surface area contributed by atoms with Crippen molar-refractivity contribution >= 4 is 5.82 Å². The second-order valence-corrected chi connectivity index (χ2v) is 4.97. The van der Waals surface area contributed by atoms with Crippen LogP contribution in [0.1, 0.15) is 12.8 Å². The fraction of sp³-hybridized carbons (Fsp3) is 0.615. The topological polar surface area (TPSA) is 51.6 Å². The molecule has 2 fully saturated rings. The molecule has 98 valence electrons. The zero-order chi connectivity index (χ0) is 12.4. The van der Waals surface area contributed by atoms with E-state index in [9.17, 15) is 5.11 Å². The zero-order valence-electron chi connectivity index (χ0n) is 10.5. The van der Waals surface area contributed by atoms with Crippen molar-refractivity contribution in [2.45, 2.75) is 25.1 Å². The van der Waals surface area contributed by atoms with Gasteiger partial charge < -0.3 is 15.3 Å². The second kappa shape index (κ2) is 5.22. The average Bonchev–Trinajstić information content (AvgIpc) is 2.93. The van der Waals surface area contributed by atoms with Crippen LogP contribution < -0.4 is 10.2 Å². The number of aliphatic hydroxyl groups is 1. The van der Waals surface area contributed by atoms with Crippen LogP contribution in [0.15, 0.2) is 24.4 Å². The van der Waals surface area contributed by atoms with Crippen molar-refractivity contribution in [2.75, 3.05) is 31.2 Å². The maximum absolute atomic E-state index is 10.3. The molecule has 0 radical (unpaired) electrons. The molecule has 2 saturated heterocycles. The molecule has 0 amide bonds. The van der Waals surface area contributed by atoms with Gasteiger partial charge in [0.2, 0.25) is 0 Å². The van der Waals surface area contributed by atoms with E-state index in [1.165, 1.54) is 0 Å². The number of piperidine rings is 1. The zero-order valence-corrected chi connectivity index (χ0v) is 10.5. The number of nitrogens with zero attached hydrogens (tertiary/aromatic N) is 3. The summed E-state index contributed by atoms with van der Waals surface area (Å²) in [5.74, 6) is 0.966. The summed E-state index contributed by atoms with van der Waals surface area (Å²) in [4.78, 5) is 8.97. The van der Waals surface area contributed by atoms with Crippen molar-refractivity contribution in [3.05, 3.63) is 24.4 Å². The van der Waals surface area contributed by atoms with Crippen LogP contribution in [-0.4, -0.2) is 53.6 Å². The highest BCUT2D eigenvalue weighted by Gasteiger charge is 2.36. The van der Waals surface area contributed by atoms with Crippen LogP contribution in [0.25, 0.3) is 0 Å². The van der Waals surface area contributed by atoms with E-state index < -0.39 is 0 Å². The largest absolute Gasteiger partial charge is 0.390 e. The van der Waals surface area contributed by atoms with Gasteiger partial charge in [-0.25, -0.2) is 4.98 Å². The fourth-order valence-corrected chi connectivity index (χ4v) is 2.92. The van der Waals surface area contributed by atoms with Gasteiger partial charge >= 0.3 is 0 Å². The van der Waals surface area contributed by atoms with Gasteiger partial charge in [-0.05, 0) is 25.0 Å². The lowest BCUT2D eigenvalue weighted by Crippen LogP contribution is -2.58. The van der Waals surface area contributed by atoms with Gasteiger partial charge in [-0.3, -0.25) is 4.90 Å². The Morgan fingerprint density at radius 1 is 1.33 bits per heavy atom. The summed E-state index contributed by atoms with van der Waals surface area (Å²) < 4.78 is 0. The lowest BCUT2D eigenvalue weighted by molar-refractivity contribution is 0.0369. The molecule has 2 unspecified atom stereocenters. The van der Waals surface area contributed by atoms with Crippen molar-refractivity contribution in [2.24, 2.45) is 0 Å². The molecule has 0 spiro atoms. The molecule has 2 atom stereocenters. The van der Waals surface area contributed by atoms with Gasteiger partial charge in [0.15, 0.2) is 0 Å². The minimum Gasteiger partial charge on any atom is -0.390 e. The SMILES string of the molecule is OC1CCCN(c2ccccn2)C1N1CCNC1. The Hall–Kier alpha value is -1.17. The molecule has 1 aromatic heterocycles. The maximum atomic E-state index is 10.3. The summed E-state index contributed by atoms with van der Waals surface area (Å²) in [6.45, 7) is 3.81. The van der Waals surface area contributed by atoms with Crippen molar-refractivity contribution in [1.82, 2.24) is 15.2 Å². The van der Waals surface area contributed by atoms with Gasteiger partial charge in [-0.15, -0.1) is 0 Å². The molecule has 2 aliphatic rings. The van der Waals surface area contributed by atoms with Crippen LogP contribution in [0.2, 0.25) is 0 Å². The molecule has 0 aromatic carbocycles. The lowest BCUT2D eigenvalue weighted by Gasteiger charge is -2.44. The summed E-state index contributed by atoms with van der Waals surface area (Å²) >= 11 is 0. The summed E-state index contributed by atoms with van der Waals surface area (Å²) in [7, 11) is 0. The first-order valence-corrected chi connectivity index (χ1v) is 6.67. The summed E-state index contributed by atoms with van der Waals surface area (Å²) in [6.07, 6.45) is 3.49. The Morgan fingerprint density at radius 3 is 3.00 bits per heavy atom. The second-order valence-electron chi connectivity index (χ2n) is 4.97. The van der Waals surface area contributed by atoms with Crippen LogP contribution in [0.3, 0.4) is 0 Å². The number of aliphatic hydroxyl groups excluding tert-OH is 1. The van der Waals surface area contributed by atoms with Crippen LogP contribution in [0.4, 0.5) is 5.82 Å². The first kappa shape index (κ1) is 11.9. The summed E-state index contributed by atoms with van der Waals surface area (Å²) in [5.41, 5.74) is 0. The first-order chi connectivity index (χ1) is 8.86. The molecule has 0 aliphatic carbocycles. The highest BCUT2D eigenvalue weighted by atomic mass is 16.3. The van der Waals surface area contributed by atoms with E-state index in [2.05, 4.69) is 20.1 Å². The average molecular weight is 248 g/mol. The van der Waals surface area contributed by atoms with Crippen LogP contribution >= 0.6 is 0 Å². The third-order valence-corrected chi connectivity index (χ3v) is 3.77. The third-order valence-electron chi connectivity index (χ3n) is 3.77. The molecule has 0 bridgehead atoms. The quantitative estimate of drug-likeness (QED) is 0.785. The number of anilines is 1. The van der Waals surface area contributed by atoms with Gasteiger partial charge in [0.05, 0.1) is 12.8 Å². The Kier molecular flexibility index (Phi) is 3.45. The lowest BCUT2D eigenvalue weighted by atomic mass is 10.0. The van der Waals surface area contributed by atoms with Crippen LogP contribution in [-0.2, 0) is 0 Å². The van der Waals surface area contributed by atoms with Crippen molar-refractivity contribution in [1.29, 1.82) is 0 Å². The Balaban J connectivity index is 1.85. The predicted molar refractivity (Wildman–Crippen MR) is 70.2 cm³/mol. The highest BCUT2D eigenvalue weighted by Crippen LogP contribution is 2.25. The fourth-order valence-electron chi connectivity index (χ4n) is 2.92. The predicted octanol–water partition coefficient (Wildman–Crippen LogP) is 0.232. The summed E-state index contributed by atoms with van der Waals surface area (Å²) in [5, 5.41) is 13.7. The number of rotatable bonds is 2. The monoisotopic (exact) mass is 248 g/mol. The minimum atomic E-state index is -0.291. The summed E-state index contributed by atoms with van der Waals surface area (Å²) in [6, 6.07) is 5.95. The van der Waals surface area contributed by atoms with E-state index in [1.54, 1.807) is 0 Å². The molecule has 3 heterocycles. The maximum Gasteiger partial charge on any atom is 0.129 e. The van der Waals surface area contributed by atoms with Crippen molar-refractivity contribution in [3.63, 3.8) is 0 Å². The van der Waals surface area contributed by atoms with E-state index in [-0.39, 0.29) is 12.3 Å². The standard InChI is InChI=1S/C13H20N4O/c18-11-4-3-8-17(12-5-1-2-6-15-12)13(11)16-9-7-14-10-16/h1-2,5-6,11,13-14,18H,3-4,7-10H2. The Morgan fingerprint density at radius 2 is 2.28 bits per heavy atom. The normalized spacial score (nSPS) is 29.7. The number of nitrogens with one attached hydrogen (secondary N) is 1. The number of hydrogen-bond donors (Lipinski definition) is 2. The van der Waals surface area contributed by atoms with E-state index in [1.807, 2.05) is 24.4 Å². The molecule has 2 N–H and O–H groups in total. The smallest absolute Gasteiger partial charge is 0.129 e. The van der Waals surface area contributed by atoms with Crippen molar-refractivity contribution in [3.8, 4) is 0 Å².